The third-order valence-electron chi connectivity index (χ3n) is 9.20. The second-order valence-corrected chi connectivity index (χ2v) is 15.8. The molecule has 3 unspecified atom stereocenters. The Labute approximate surface area is 296 Å². The van der Waals surface area contributed by atoms with Crippen LogP contribution in [0.4, 0.5) is 11.8 Å². The van der Waals surface area contributed by atoms with Gasteiger partial charge in [0.15, 0.2) is 35.7 Å². The van der Waals surface area contributed by atoms with E-state index in [0.29, 0.717) is 17.6 Å². The topological polar surface area (TPSA) is 289 Å². The van der Waals surface area contributed by atoms with Gasteiger partial charge in [-0.3, -0.25) is 28.0 Å². The number of methoxy groups -OCH3 is 1. The summed E-state index contributed by atoms with van der Waals surface area (Å²) in [5, 5.41) is 11.6. The number of hydrogen-bond acceptors (Lipinski definition) is 18. The molecule has 252 valence electrons. The predicted octanol–water partition coefficient (Wildman–Crippen LogP) is -3.47. The van der Waals surface area contributed by atoms with Gasteiger partial charge in [0.1, 0.15) is 42.4 Å². The summed E-state index contributed by atoms with van der Waals surface area (Å²) < 4.78 is 64.6. The molecule has 4 aliphatic rings. The minimum Gasteiger partial charge on any atom is -0.660 e. The molecule has 2 bridgehead atoms. The number of ether oxygens (including phenoxy) is 2. The summed E-state index contributed by atoms with van der Waals surface area (Å²) in [4.78, 5) is 46.5. The van der Waals surface area contributed by atoms with Gasteiger partial charge in [-0.1, -0.05) is 0 Å². The van der Waals surface area contributed by atoms with Crippen LogP contribution in [0.5, 0.6) is 0 Å². The molecule has 7 N–H and O–H groups in total. The number of nitrogens with zero attached hydrogens (tertiary/aromatic N) is 7. The molecule has 2 aliphatic carbocycles. The van der Waals surface area contributed by atoms with Crippen LogP contribution in [0, 0.1) is 11.3 Å². The van der Waals surface area contributed by atoms with E-state index in [2.05, 4.69) is 29.9 Å². The summed E-state index contributed by atoms with van der Waals surface area (Å²) in [6.45, 7) is -5.33. The Balaban J connectivity index is 0.00000364. The molecule has 6 heterocycles. The number of H-pyrrole nitrogens is 1. The van der Waals surface area contributed by atoms with Gasteiger partial charge in [0.2, 0.25) is 5.95 Å². The van der Waals surface area contributed by atoms with Gasteiger partial charge >= 0.3 is 37.4 Å². The Morgan fingerprint density at radius 2 is 1.85 bits per heavy atom. The third kappa shape index (κ3) is 5.46. The van der Waals surface area contributed by atoms with E-state index >= 15 is 0 Å². The fourth-order valence-corrected chi connectivity index (χ4v) is 9.53. The van der Waals surface area contributed by atoms with Crippen molar-refractivity contribution >= 4 is 61.0 Å². The average molecular weight is 737 g/mol. The van der Waals surface area contributed by atoms with Gasteiger partial charge in [-0.15, -0.1) is 0 Å². The monoisotopic (exact) mass is 736 g/mol. The summed E-state index contributed by atoms with van der Waals surface area (Å²) >= 11 is 5.27. The Morgan fingerprint density at radius 1 is 1.10 bits per heavy atom. The van der Waals surface area contributed by atoms with Crippen LogP contribution in [0.15, 0.2) is 23.8 Å². The smallest absolute Gasteiger partial charge is 0.660 e. The van der Waals surface area contributed by atoms with Crippen molar-refractivity contribution in [2.24, 2.45) is 11.3 Å². The predicted molar refractivity (Wildman–Crippen MR) is 159 cm³/mol. The average Bonchev–Trinajstić information content (AvgIpc) is 3.30. The molecule has 2 saturated carbocycles. The number of aromatic nitrogens is 8. The van der Waals surface area contributed by atoms with Gasteiger partial charge in [-0.2, -0.15) is 4.98 Å². The second-order valence-electron chi connectivity index (χ2n) is 11.7. The van der Waals surface area contributed by atoms with Crippen LogP contribution in [-0.2, 0) is 48.9 Å². The number of nitrogens with one attached hydrogen (secondary N) is 1. The summed E-state index contributed by atoms with van der Waals surface area (Å²) in [5.74, 6) is -0.507. The molecule has 2 aliphatic heterocycles. The number of rotatable bonds is 3. The number of aliphatic hydroxyl groups excluding tert-OH is 1. The van der Waals surface area contributed by atoms with Crippen LogP contribution in [0.3, 0.4) is 0 Å². The van der Waals surface area contributed by atoms with Crippen LogP contribution < -0.4 is 46.6 Å². The van der Waals surface area contributed by atoms with Crippen molar-refractivity contribution in [3.05, 3.63) is 29.3 Å². The van der Waals surface area contributed by atoms with Crippen molar-refractivity contribution < 1.29 is 76.3 Å². The maximum Gasteiger partial charge on any atom is 1.00 e. The molecule has 21 nitrogen and oxygen atoms in total. The molecule has 4 fully saturated rings. The van der Waals surface area contributed by atoms with Crippen LogP contribution in [0.2, 0.25) is 0 Å². The summed E-state index contributed by atoms with van der Waals surface area (Å²) in [5.41, 5.74) is 10.5. The summed E-state index contributed by atoms with van der Waals surface area (Å²) in [7, 11) is -3.65. The van der Waals surface area contributed by atoms with Gasteiger partial charge < -0.3 is 56.8 Å². The number of phosphoric ester groups is 1. The van der Waals surface area contributed by atoms with E-state index in [4.69, 9.17) is 51.3 Å². The standard InChI is InChI=1S/C23H28N10O11P2S.Na/c1-39-14-9-3-40-46(38,47)44-16-13(34)12(32-6-28-10-17(24)26-5-27-18(10)32)8-2-23(8,16)4-41-45(36,37)43-15(14)21(42-9)33-7-29-11-19(33)30-22(25)31-20(11)35;/h5-9,12-16,21,34H,2-4H2,1H3,(H,36,37)(H,38,47)(H2,24,26,27)(H3,25,30,31,35);/q;+1/p-1/t8-,9-,12-,13+,14-,15-,16+,21-,23?,46?;/m1./s1. The molecule has 25 heteroatoms. The summed E-state index contributed by atoms with van der Waals surface area (Å²) in [6.07, 6.45) is -3.29. The van der Waals surface area contributed by atoms with Gasteiger partial charge in [0.05, 0.1) is 31.9 Å². The molecule has 4 aromatic heterocycles. The van der Waals surface area contributed by atoms with Gasteiger partial charge in [0, 0.05) is 12.5 Å². The number of nitrogen functional groups attached to an aromatic ring is 2. The van der Waals surface area contributed by atoms with E-state index in [-0.39, 0.29) is 52.5 Å². The minimum absolute atomic E-state index is 0. The molecule has 0 aromatic carbocycles. The molecule has 0 radical (unpaired) electrons. The van der Waals surface area contributed by atoms with Crippen molar-refractivity contribution in [2.75, 3.05) is 31.8 Å². The molecule has 0 amide bonds. The molecular formula is C23H27N10NaO11P2S. The zero-order chi connectivity index (χ0) is 33.0. The van der Waals surface area contributed by atoms with Gasteiger partial charge in [-0.25, -0.2) is 24.5 Å². The number of aliphatic hydroxyl groups is 1. The maximum absolute atomic E-state index is 13.7. The number of imidazole rings is 2. The fourth-order valence-electron chi connectivity index (χ4n) is 7.07. The van der Waals surface area contributed by atoms with Crippen LogP contribution in [0.25, 0.3) is 22.3 Å². The number of aromatic amines is 1. The first-order chi connectivity index (χ1) is 22.3. The third-order valence-corrected chi connectivity index (χ3v) is 11.7. The van der Waals surface area contributed by atoms with E-state index in [1.54, 1.807) is 4.57 Å². The van der Waals surface area contributed by atoms with E-state index in [0.717, 1.165) is 0 Å². The normalized spacial score (nSPS) is 39.6. The van der Waals surface area contributed by atoms with Gasteiger partial charge in [0.25, 0.3) is 5.56 Å². The zero-order valence-corrected chi connectivity index (χ0v) is 29.7. The van der Waals surface area contributed by atoms with E-state index in [9.17, 15) is 23.9 Å². The van der Waals surface area contributed by atoms with Crippen molar-refractivity contribution in [3.63, 3.8) is 0 Å². The van der Waals surface area contributed by atoms with Crippen LogP contribution >= 0.6 is 14.6 Å². The molecule has 1 spiro atoms. The van der Waals surface area contributed by atoms with Crippen LogP contribution in [-0.4, -0.2) is 99.9 Å². The van der Waals surface area contributed by atoms with E-state index in [1.165, 1.54) is 30.7 Å². The zero-order valence-electron chi connectivity index (χ0n) is 25.1. The quantitative estimate of drug-likeness (QED) is 0.0776. The molecule has 8 rings (SSSR count). The van der Waals surface area contributed by atoms with Gasteiger partial charge in [-0.05, 0) is 12.3 Å². The molecule has 4 aromatic rings. The Hall–Kier alpha value is -2.01. The first-order valence-corrected chi connectivity index (χ1v) is 18.2. The SMILES string of the molecule is CO[C@H]1[C@H]2OP(=O)(O)OCC34C[C@@H]3[C@@H](n3cnc5c(N)ncnc53)[C@H](O)[C@@H]4OP(=O)([S-])OC[C@H]1O[C@H]2n1cnc2c(=O)[nH]c(N)nc21.[Na+]. The maximum atomic E-state index is 13.7. The molecular weight excluding hydrogens is 709 g/mol. The van der Waals surface area contributed by atoms with E-state index in [1.807, 2.05) is 0 Å². The number of nitrogens with two attached hydrogens (primary N) is 2. The summed E-state index contributed by atoms with van der Waals surface area (Å²) in [6, 6.07) is -0.746. The molecule has 2 saturated heterocycles. The first kappa shape index (κ1) is 34.4. The van der Waals surface area contributed by atoms with Crippen molar-refractivity contribution in [1.82, 2.24) is 39.0 Å². The first-order valence-electron chi connectivity index (χ1n) is 14.1. The number of fused-ring (bicyclic) bond motifs is 4. The molecule has 11 atom stereocenters. The van der Waals surface area contributed by atoms with Crippen molar-refractivity contribution in [1.29, 1.82) is 0 Å². The largest absolute Gasteiger partial charge is 1.00 e. The Bertz CT molecular complexity index is 2070. The Morgan fingerprint density at radius 3 is 2.62 bits per heavy atom. The number of phosphoric acid groups is 1. The fraction of sp³-hybridized carbons (Fsp3) is 0.565. The number of anilines is 2. The van der Waals surface area contributed by atoms with Crippen molar-refractivity contribution in [3.8, 4) is 0 Å². The number of hydrogen-bond donors (Lipinski definition) is 5. The van der Waals surface area contributed by atoms with Crippen molar-refractivity contribution in [2.45, 2.75) is 49.2 Å². The second kappa shape index (κ2) is 12.1. The molecule has 48 heavy (non-hydrogen) atoms. The minimum atomic E-state index is -4.95. The van der Waals surface area contributed by atoms with Crippen LogP contribution in [0.1, 0.15) is 18.7 Å². The van der Waals surface area contributed by atoms with E-state index < -0.39 is 87.5 Å². The Kier molecular flexibility index (Phi) is 8.65.